The van der Waals surface area contributed by atoms with Crippen molar-refractivity contribution in [3.05, 3.63) is 101 Å². The Morgan fingerprint density at radius 2 is 1.28 bits per heavy atom. The third-order valence-corrected chi connectivity index (χ3v) is 4.49. The van der Waals surface area contributed by atoms with Crippen molar-refractivity contribution in [3.63, 3.8) is 0 Å². The van der Waals surface area contributed by atoms with Crippen LogP contribution in [0, 0.1) is 0 Å². The lowest BCUT2D eigenvalue weighted by atomic mass is 10.0. The van der Waals surface area contributed by atoms with Crippen molar-refractivity contribution in [1.82, 2.24) is 10.9 Å². The van der Waals surface area contributed by atoms with Crippen molar-refractivity contribution in [1.29, 1.82) is 0 Å². The maximum atomic E-state index is 12.2. The Morgan fingerprint density at radius 1 is 0.759 bits per heavy atom. The van der Waals surface area contributed by atoms with E-state index in [0.29, 0.717) is 29.4 Å². The highest BCUT2D eigenvalue weighted by Gasteiger charge is 2.10. The number of benzene rings is 3. The second-order valence-corrected chi connectivity index (χ2v) is 6.98. The molecule has 0 saturated heterocycles. The zero-order valence-corrected chi connectivity index (χ0v) is 16.5. The highest BCUT2D eigenvalue weighted by Crippen LogP contribution is 2.15. The molecule has 2 N–H and O–H groups in total. The molecule has 3 rings (SSSR count). The van der Waals surface area contributed by atoms with Crippen LogP contribution in [0.15, 0.2) is 78.9 Å². The van der Waals surface area contributed by atoms with Gasteiger partial charge in [-0.2, -0.15) is 0 Å². The van der Waals surface area contributed by atoms with Gasteiger partial charge >= 0.3 is 0 Å². The summed E-state index contributed by atoms with van der Waals surface area (Å²) in [7, 11) is 0. The van der Waals surface area contributed by atoms with E-state index >= 15 is 0 Å². The average Bonchev–Trinajstić information content (AvgIpc) is 2.77. The first kappa shape index (κ1) is 20.1. The maximum absolute atomic E-state index is 12.2. The van der Waals surface area contributed by atoms with Crippen LogP contribution in [0.5, 0.6) is 5.75 Å². The number of nitrogens with one attached hydrogen (secondary N) is 2. The summed E-state index contributed by atoms with van der Waals surface area (Å²) in [4.78, 5) is 24.4. The van der Waals surface area contributed by atoms with Crippen molar-refractivity contribution in [2.45, 2.75) is 26.4 Å². The Balaban J connectivity index is 1.50. The number of hydrazine groups is 1. The van der Waals surface area contributed by atoms with E-state index in [1.54, 1.807) is 36.4 Å². The van der Waals surface area contributed by atoms with Gasteiger partial charge in [0.25, 0.3) is 11.8 Å². The van der Waals surface area contributed by atoms with E-state index in [-0.39, 0.29) is 5.91 Å². The summed E-state index contributed by atoms with van der Waals surface area (Å²) in [6.07, 6.45) is 0. The van der Waals surface area contributed by atoms with Gasteiger partial charge in [0, 0.05) is 11.1 Å². The van der Waals surface area contributed by atoms with Crippen LogP contribution < -0.4 is 15.6 Å². The largest absolute Gasteiger partial charge is 0.489 e. The van der Waals surface area contributed by atoms with Crippen LogP contribution in [0.4, 0.5) is 0 Å². The molecule has 0 heterocycles. The van der Waals surface area contributed by atoms with Crippen LogP contribution in [0.3, 0.4) is 0 Å². The first-order valence-corrected chi connectivity index (χ1v) is 9.50. The minimum absolute atomic E-state index is 0.364. The molecule has 5 heteroatoms. The van der Waals surface area contributed by atoms with Gasteiger partial charge in [0.05, 0.1) is 0 Å². The normalized spacial score (nSPS) is 10.4. The maximum Gasteiger partial charge on any atom is 0.269 e. The molecule has 0 bridgehead atoms. The quantitative estimate of drug-likeness (QED) is 0.613. The fourth-order valence-corrected chi connectivity index (χ4v) is 2.72. The molecule has 0 aliphatic heterocycles. The summed E-state index contributed by atoms with van der Waals surface area (Å²) < 4.78 is 5.71. The molecule has 3 aromatic carbocycles. The number of hydrogen-bond acceptors (Lipinski definition) is 3. The summed E-state index contributed by atoms with van der Waals surface area (Å²) in [6.45, 7) is 4.64. The van der Waals surface area contributed by atoms with E-state index in [1.165, 1.54) is 0 Å². The van der Waals surface area contributed by atoms with Gasteiger partial charge < -0.3 is 4.74 Å². The summed E-state index contributed by atoms with van der Waals surface area (Å²) in [5.41, 5.74) is 8.00. The average molecular weight is 388 g/mol. The van der Waals surface area contributed by atoms with Crippen LogP contribution in [-0.4, -0.2) is 11.8 Å². The van der Waals surface area contributed by atoms with E-state index in [9.17, 15) is 9.59 Å². The molecule has 148 valence electrons. The first-order valence-electron chi connectivity index (χ1n) is 9.50. The number of hydrogen-bond donors (Lipinski definition) is 2. The molecule has 0 spiro atoms. The Morgan fingerprint density at radius 3 is 1.79 bits per heavy atom. The van der Waals surface area contributed by atoms with Crippen LogP contribution in [0.2, 0.25) is 0 Å². The van der Waals surface area contributed by atoms with Crippen molar-refractivity contribution in [2.75, 3.05) is 0 Å². The van der Waals surface area contributed by atoms with E-state index in [1.807, 2.05) is 42.5 Å². The minimum Gasteiger partial charge on any atom is -0.489 e. The predicted octanol–water partition coefficient (Wildman–Crippen LogP) is 4.46. The van der Waals surface area contributed by atoms with Gasteiger partial charge in [-0.3, -0.25) is 20.4 Å². The zero-order valence-electron chi connectivity index (χ0n) is 16.5. The lowest BCUT2D eigenvalue weighted by Gasteiger charge is -2.10. The van der Waals surface area contributed by atoms with Gasteiger partial charge in [-0.25, -0.2) is 0 Å². The fourth-order valence-electron chi connectivity index (χ4n) is 2.72. The topological polar surface area (TPSA) is 67.4 Å². The monoisotopic (exact) mass is 388 g/mol. The first-order chi connectivity index (χ1) is 14.0. The SMILES string of the molecule is CC(C)c1ccc(C(=O)NNC(=O)c2ccc(OCc3ccccc3)cc2)cc1. The summed E-state index contributed by atoms with van der Waals surface area (Å²) >= 11 is 0. The molecular weight excluding hydrogens is 364 g/mol. The van der Waals surface area contributed by atoms with Gasteiger partial charge in [0.15, 0.2) is 0 Å². The van der Waals surface area contributed by atoms with E-state index in [0.717, 1.165) is 11.1 Å². The highest BCUT2D eigenvalue weighted by molar-refractivity contribution is 5.99. The number of rotatable bonds is 6. The number of amides is 2. The smallest absolute Gasteiger partial charge is 0.269 e. The Bertz CT molecular complexity index is 950. The van der Waals surface area contributed by atoms with Crippen molar-refractivity contribution in [2.24, 2.45) is 0 Å². The third-order valence-electron chi connectivity index (χ3n) is 4.49. The minimum atomic E-state index is -0.397. The number of carbonyl (C=O) groups excluding carboxylic acids is 2. The summed E-state index contributed by atoms with van der Waals surface area (Å²) in [6, 6.07) is 23.9. The molecule has 3 aromatic rings. The van der Waals surface area contributed by atoms with Crippen LogP contribution in [0.25, 0.3) is 0 Å². The van der Waals surface area contributed by atoms with E-state index in [4.69, 9.17) is 4.74 Å². The molecule has 0 aromatic heterocycles. The fraction of sp³-hybridized carbons (Fsp3) is 0.167. The van der Waals surface area contributed by atoms with Gasteiger partial charge in [0.2, 0.25) is 0 Å². The van der Waals surface area contributed by atoms with E-state index < -0.39 is 5.91 Å². The second kappa shape index (κ2) is 9.55. The predicted molar refractivity (Wildman–Crippen MR) is 113 cm³/mol. The Labute approximate surface area is 170 Å². The molecule has 0 atom stereocenters. The second-order valence-electron chi connectivity index (χ2n) is 6.98. The highest BCUT2D eigenvalue weighted by atomic mass is 16.5. The molecule has 0 saturated carbocycles. The molecule has 0 fully saturated rings. The molecule has 0 radical (unpaired) electrons. The third kappa shape index (κ3) is 5.69. The molecule has 0 aliphatic carbocycles. The zero-order chi connectivity index (χ0) is 20.6. The van der Waals surface area contributed by atoms with Crippen molar-refractivity contribution in [3.8, 4) is 5.75 Å². The standard InChI is InChI=1S/C24H24N2O3/c1-17(2)19-8-10-20(11-9-19)23(27)25-26-24(28)21-12-14-22(15-13-21)29-16-18-6-4-3-5-7-18/h3-15,17H,16H2,1-2H3,(H,25,27)(H,26,28). The van der Waals surface area contributed by atoms with Gasteiger partial charge in [0.1, 0.15) is 12.4 Å². The molecule has 29 heavy (non-hydrogen) atoms. The lowest BCUT2D eigenvalue weighted by Crippen LogP contribution is -2.41. The van der Waals surface area contributed by atoms with Crippen LogP contribution in [-0.2, 0) is 6.61 Å². The van der Waals surface area contributed by atoms with Crippen molar-refractivity contribution >= 4 is 11.8 Å². The van der Waals surface area contributed by atoms with Crippen molar-refractivity contribution < 1.29 is 14.3 Å². The molecule has 2 amide bonds. The van der Waals surface area contributed by atoms with Gasteiger partial charge in [-0.15, -0.1) is 0 Å². The van der Waals surface area contributed by atoms with Crippen LogP contribution in [0.1, 0.15) is 51.6 Å². The van der Waals surface area contributed by atoms with Gasteiger partial charge in [-0.1, -0.05) is 56.3 Å². The van der Waals surface area contributed by atoms with Crippen LogP contribution >= 0.6 is 0 Å². The Hall–Kier alpha value is -3.60. The molecular formula is C24H24N2O3. The summed E-state index contributed by atoms with van der Waals surface area (Å²) in [5, 5.41) is 0. The number of ether oxygens (including phenoxy) is 1. The Kier molecular flexibility index (Phi) is 6.63. The lowest BCUT2D eigenvalue weighted by molar-refractivity contribution is 0.0846. The molecule has 5 nitrogen and oxygen atoms in total. The summed E-state index contributed by atoms with van der Waals surface area (Å²) in [5.74, 6) is 0.300. The number of carbonyl (C=O) groups is 2. The molecule has 0 aliphatic rings. The van der Waals surface area contributed by atoms with E-state index in [2.05, 4.69) is 24.7 Å². The van der Waals surface area contributed by atoms with Gasteiger partial charge in [-0.05, 0) is 53.4 Å². The molecule has 0 unspecified atom stereocenters.